The predicted molar refractivity (Wildman–Crippen MR) is 48.8 cm³/mol. The summed E-state index contributed by atoms with van der Waals surface area (Å²) in [6.45, 7) is 0.288. The first-order chi connectivity index (χ1) is 7.36. The molecule has 0 aliphatic carbocycles. The predicted octanol–water partition coefficient (Wildman–Crippen LogP) is 1.37. The first-order valence-electron chi connectivity index (χ1n) is 5.01. The summed E-state index contributed by atoms with van der Waals surface area (Å²) in [6.07, 6.45) is -3.79. The van der Waals surface area contributed by atoms with Crippen LogP contribution in [-0.2, 0) is 9.53 Å². The first kappa shape index (κ1) is 13.2. The number of hydrogen-bond donors (Lipinski definition) is 2. The van der Waals surface area contributed by atoms with Gasteiger partial charge in [-0.25, -0.2) is 0 Å². The van der Waals surface area contributed by atoms with E-state index in [2.05, 4.69) is 10.1 Å². The second-order valence-corrected chi connectivity index (χ2v) is 3.91. The van der Waals surface area contributed by atoms with Crippen LogP contribution in [0.25, 0.3) is 0 Å². The summed E-state index contributed by atoms with van der Waals surface area (Å²) >= 11 is 0. The first-order valence-corrected chi connectivity index (χ1v) is 5.01. The van der Waals surface area contributed by atoms with Crippen molar-refractivity contribution >= 4 is 5.97 Å². The molecule has 16 heavy (non-hydrogen) atoms. The standard InChI is InChI=1S/C9H14F3NO3/c10-9(11,12)16-5-3-8(7(14)15)2-1-4-13-6-8/h13H,1-6H2,(H,14,15). The summed E-state index contributed by atoms with van der Waals surface area (Å²) in [6, 6.07) is 0. The van der Waals surface area contributed by atoms with E-state index in [4.69, 9.17) is 5.11 Å². The molecule has 0 radical (unpaired) electrons. The van der Waals surface area contributed by atoms with E-state index in [1.54, 1.807) is 0 Å². The highest BCUT2D eigenvalue weighted by Gasteiger charge is 2.40. The molecule has 1 saturated heterocycles. The van der Waals surface area contributed by atoms with Crippen molar-refractivity contribution < 1.29 is 27.8 Å². The maximum Gasteiger partial charge on any atom is 0.522 e. The summed E-state index contributed by atoms with van der Waals surface area (Å²) in [5.74, 6) is -1.06. The molecule has 0 spiro atoms. The normalized spacial score (nSPS) is 26.7. The fourth-order valence-corrected chi connectivity index (χ4v) is 1.83. The Balaban J connectivity index is 2.48. The number of piperidine rings is 1. The summed E-state index contributed by atoms with van der Waals surface area (Å²) < 4.78 is 38.9. The van der Waals surface area contributed by atoms with Crippen LogP contribution in [-0.4, -0.2) is 37.1 Å². The Morgan fingerprint density at radius 1 is 1.50 bits per heavy atom. The maximum atomic E-state index is 11.8. The minimum absolute atomic E-state index is 0.130. The molecule has 7 heteroatoms. The highest BCUT2D eigenvalue weighted by atomic mass is 19.4. The molecule has 1 aliphatic rings. The van der Waals surface area contributed by atoms with Gasteiger partial charge >= 0.3 is 12.3 Å². The van der Waals surface area contributed by atoms with Crippen LogP contribution < -0.4 is 5.32 Å². The van der Waals surface area contributed by atoms with Gasteiger partial charge in [0.1, 0.15) is 0 Å². The Kier molecular flexibility index (Phi) is 4.15. The average Bonchev–Trinajstić information content (AvgIpc) is 2.17. The smallest absolute Gasteiger partial charge is 0.481 e. The Morgan fingerprint density at radius 3 is 2.62 bits per heavy atom. The van der Waals surface area contributed by atoms with E-state index in [0.29, 0.717) is 19.4 Å². The summed E-state index contributed by atoms with van der Waals surface area (Å²) in [7, 11) is 0. The number of halogens is 3. The molecule has 1 rings (SSSR count). The summed E-state index contributed by atoms with van der Waals surface area (Å²) in [5.41, 5.74) is -1.12. The molecule has 2 N–H and O–H groups in total. The van der Waals surface area contributed by atoms with Crippen molar-refractivity contribution in [3.8, 4) is 0 Å². The van der Waals surface area contributed by atoms with Gasteiger partial charge in [0.05, 0.1) is 12.0 Å². The number of ether oxygens (including phenoxy) is 1. The van der Waals surface area contributed by atoms with Crippen molar-refractivity contribution in [3.05, 3.63) is 0 Å². The maximum absolute atomic E-state index is 11.8. The van der Waals surface area contributed by atoms with Crippen molar-refractivity contribution in [3.63, 3.8) is 0 Å². The zero-order valence-corrected chi connectivity index (χ0v) is 8.64. The summed E-state index contributed by atoms with van der Waals surface area (Å²) in [4.78, 5) is 11.1. The highest BCUT2D eigenvalue weighted by Crippen LogP contribution is 2.31. The molecular weight excluding hydrogens is 227 g/mol. The molecule has 0 amide bonds. The van der Waals surface area contributed by atoms with Crippen LogP contribution in [0.5, 0.6) is 0 Å². The van der Waals surface area contributed by atoms with Gasteiger partial charge in [0.15, 0.2) is 0 Å². The minimum Gasteiger partial charge on any atom is -0.481 e. The van der Waals surface area contributed by atoms with Crippen LogP contribution in [0, 0.1) is 5.41 Å². The topological polar surface area (TPSA) is 58.6 Å². The highest BCUT2D eigenvalue weighted by molar-refractivity contribution is 5.75. The quantitative estimate of drug-likeness (QED) is 0.780. The molecule has 0 aromatic rings. The number of carboxylic acids is 1. The van der Waals surface area contributed by atoms with Crippen molar-refractivity contribution in [2.75, 3.05) is 19.7 Å². The Bertz CT molecular complexity index is 249. The van der Waals surface area contributed by atoms with Crippen LogP contribution in [0.15, 0.2) is 0 Å². The molecule has 1 unspecified atom stereocenters. The van der Waals surface area contributed by atoms with E-state index in [1.807, 2.05) is 0 Å². The van der Waals surface area contributed by atoms with Crippen molar-refractivity contribution in [2.45, 2.75) is 25.6 Å². The fourth-order valence-electron chi connectivity index (χ4n) is 1.83. The lowest BCUT2D eigenvalue weighted by molar-refractivity contribution is -0.326. The van der Waals surface area contributed by atoms with Crippen LogP contribution >= 0.6 is 0 Å². The number of rotatable bonds is 4. The number of nitrogens with one attached hydrogen (secondary N) is 1. The Morgan fingerprint density at radius 2 is 2.19 bits per heavy atom. The van der Waals surface area contributed by atoms with Crippen molar-refractivity contribution in [1.29, 1.82) is 0 Å². The van der Waals surface area contributed by atoms with E-state index in [-0.39, 0.29) is 13.0 Å². The van der Waals surface area contributed by atoms with E-state index in [1.165, 1.54) is 0 Å². The Labute approximate surface area is 90.8 Å². The van der Waals surface area contributed by atoms with Gasteiger partial charge in [-0.3, -0.25) is 9.53 Å². The van der Waals surface area contributed by atoms with Gasteiger partial charge in [-0.05, 0) is 25.8 Å². The molecule has 4 nitrogen and oxygen atoms in total. The minimum atomic E-state index is -4.69. The lowest BCUT2D eigenvalue weighted by Crippen LogP contribution is -2.46. The second-order valence-electron chi connectivity index (χ2n) is 3.91. The molecule has 1 atom stereocenters. The monoisotopic (exact) mass is 241 g/mol. The van der Waals surface area contributed by atoms with Crippen LogP contribution in [0.2, 0.25) is 0 Å². The van der Waals surface area contributed by atoms with Gasteiger partial charge in [-0.15, -0.1) is 13.2 Å². The van der Waals surface area contributed by atoms with Gasteiger partial charge in [0.25, 0.3) is 0 Å². The lowest BCUT2D eigenvalue weighted by Gasteiger charge is -2.33. The van der Waals surface area contributed by atoms with E-state index in [0.717, 1.165) is 0 Å². The molecule has 94 valence electrons. The number of aliphatic carboxylic acids is 1. The molecular formula is C9H14F3NO3. The third-order valence-electron chi connectivity index (χ3n) is 2.77. The second kappa shape index (κ2) is 5.01. The van der Waals surface area contributed by atoms with Crippen LogP contribution in [0.1, 0.15) is 19.3 Å². The van der Waals surface area contributed by atoms with Crippen LogP contribution in [0.3, 0.4) is 0 Å². The number of carboxylic acid groups (broad SMARTS) is 1. The van der Waals surface area contributed by atoms with E-state index >= 15 is 0 Å². The molecule has 1 fully saturated rings. The molecule has 0 saturated carbocycles. The Hall–Kier alpha value is -0.820. The average molecular weight is 241 g/mol. The molecule has 0 bridgehead atoms. The third-order valence-corrected chi connectivity index (χ3v) is 2.77. The SMILES string of the molecule is O=C(O)C1(CCOC(F)(F)F)CCCNC1. The van der Waals surface area contributed by atoms with Gasteiger partial charge in [-0.2, -0.15) is 0 Å². The van der Waals surface area contributed by atoms with Crippen molar-refractivity contribution in [1.82, 2.24) is 5.32 Å². The van der Waals surface area contributed by atoms with E-state index < -0.39 is 24.4 Å². The number of carbonyl (C=O) groups is 1. The van der Waals surface area contributed by atoms with Crippen molar-refractivity contribution in [2.24, 2.45) is 5.41 Å². The van der Waals surface area contributed by atoms with Gasteiger partial charge in [-0.1, -0.05) is 0 Å². The number of alkyl halides is 3. The largest absolute Gasteiger partial charge is 0.522 e. The van der Waals surface area contributed by atoms with E-state index in [9.17, 15) is 18.0 Å². The summed E-state index contributed by atoms with van der Waals surface area (Å²) in [5, 5.41) is 11.9. The zero-order valence-electron chi connectivity index (χ0n) is 8.64. The number of hydrogen-bond acceptors (Lipinski definition) is 3. The molecule has 1 aliphatic heterocycles. The molecule has 0 aromatic carbocycles. The van der Waals surface area contributed by atoms with Gasteiger partial charge in [0, 0.05) is 6.54 Å². The van der Waals surface area contributed by atoms with Gasteiger partial charge in [0.2, 0.25) is 0 Å². The van der Waals surface area contributed by atoms with Crippen LogP contribution in [0.4, 0.5) is 13.2 Å². The van der Waals surface area contributed by atoms with Gasteiger partial charge < -0.3 is 10.4 Å². The zero-order chi connectivity index (χ0) is 12.2. The molecule has 0 aromatic heterocycles. The lowest BCUT2D eigenvalue weighted by atomic mass is 9.78. The third kappa shape index (κ3) is 3.64. The molecule has 1 heterocycles. The fraction of sp³-hybridized carbons (Fsp3) is 0.889.